The van der Waals surface area contributed by atoms with Crippen molar-refractivity contribution in [2.45, 2.75) is 26.7 Å². The zero-order valence-corrected chi connectivity index (χ0v) is 13.6. The van der Waals surface area contributed by atoms with E-state index in [1.54, 1.807) is 6.20 Å². The summed E-state index contributed by atoms with van der Waals surface area (Å²) >= 11 is 0. The molecule has 0 unspecified atom stereocenters. The maximum absolute atomic E-state index is 12.5. The van der Waals surface area contributed by atoms with Gasteiger partial charge < -0.3 is 9.88 Å². The van der Waals surface area contributed by atoms with Crippen LogP contribution in [0.1, 0.15) is 25.2 Å². The molecule has 22 heavy (non-hydrogen) atoms. The average molecular weight is 299 g/mol. The third-order valence-corrected chi connectivity index (χ3v) is 4.01. The van der Waals surface area contributed by atoms with Crippen molar-refractivity contribution in [3.8, 4) is 0 Å². The summed E-state index contributed by atoms with van der Waals surface area (Å²) in [6.07, 6.45) is 5.24. The zero-order valence-electron chi connectivity index (χ0n) is 13.6. The topological polar surface area (TPSA) is 46.9 Å². The molecule has 0 spiro atoms. The largest absolute Gasteiger partial charge is 0.355 e. The highest BCUT2D eigenvalue weighted by Crippen LogP contribution is 2.17. The molecular weight excluding hydrogens is 274 g/mol. The molecule has 0 fully saturated rings. The Bertz CT molecular complexity index is 589. The van der Waals surface area contributed by atoms with E-state index in [1.807, 2.05) is 36.0 Å². The fourth-order valence-corrected chi connectivity index (χ4v) is 2.57. The summed E-state index contributed by atoms with van der Waals surface area (Å²) in [5.41, 5.74) is 1.21. The van der Waals surface area contributed by atoms with Crippen LogP contribution in [0.4, 0.5) is 0 Å². The Kier molecular flexibility index (Phi) is 5.75. The first-order chi connectivity index (χ1) is 10.6. The van der Waals surface area contributed by atoms with Gasteiger partial charge in [0.25, 0.3) is 0 Å². The van der Waals surface area contributed by atoms with E-state index in [2.05, 4.69) is 36.3 Å². The smallest absolute Gasteiger partial charge is 0.223 e. The van der Waals surface area contributed by atoms with E-state index < -0.39 is 0 Å². The van der Waals surface area contributed by atoms with Crippen molar-refractivity contribution >= 4 is 5.91 Å². The van der Waals surface area contributed by atoms with Crippen molar-refractivity contribution in [2.75, 3.05) is 6.54 Å². The first-order valence-electron chi connectivity index (χ1n) is 7.85. The maximum Gasteiger partial charge on any atom is 0.223 e. The number of imidazole rings is 1. The van der Waals surface area contributed by atoms with E-state index in [0.29, 0.717) is 12.5 Å². The van der Waals surface area contributed by atoms with Crippen molar-refractivity contribution in [1.29, 1.82) is 0 Å². The lowest BCUT2D eigenvalue weighted by molar-refractivity contribution is -0.126. The first-order valence-corrected chi connectivity index (χ1v) is 7.85. The molecule has 0 aliphatic carbocycles. The van der Waals surface area contributed by atoms with Crippen LogP contribution in [0.15, 0.2) is 42.7 Å². The van der Waals surface area contributed by atoms with E-state index in [1.165, 1.54) is 5.56 Å². The van der Waals surface area contributed by atoms with Crippen molar-refractivity contribution in [3.63, 3.8) is 0 Å². The van der Waals surface area contributed by atoms with Crippen LogP contribution in [0, 0.1) is 11.8 Å². The van der Waals surface area contributed by atoms with Crippen LogP contribution >= 0.6 is 0 Å². The van der Waals surface area contributed by atoms with Crippen LogP contribution in [0.3, 0.4) is 0 Å². The molecular formula is C18H25N3O. The highest BCUT2D eigenvalue weighted by Gasteiger charge is 2.22. The summed E-state index contributed by atoms with van der Waals surface area (Å²) in [5, 5.41) is 3.06. The molecule has 4 heteroatoms. The van der Waals surface area contributed by atoms with Gasteiger partial charge in [-0.05, 0) is 17.9 Å². The second-order valence-electron chi connectivity index (χ2n) is 6.04. The number of amides is 1. The van der Waals surface area contributed by atoms with E-state index in [4.69, 9.17) is 0 Å². The summed E-state index contributed by atoms with van der Waals surface area (Å²) in [4.78, 5) is 16.7. The third-order valence-electron chi connectivity index (χ3n) is 4.01. The quantitative estimate of drug-likeness (QED) is 0.854. The number of hydrogen-bond donors (Lipinski definition) is 1. The molecule has 1 aromatic carbocycles. The van der Waals surface area contributed by atoms with Gasteiger partial charge in [-0.1, -0.05) is 44.2 Å². The second-order valence-corrected chi connectivity index (χ2v) is 6.04. The SMILES string of the molecule is CC(C)[C@@H](Cc1ccccc1)C(=O)NCCc1nccn1C. The molecule has 1 N–H and O–H groups in total. The van der Waals surface area contributed by atoms with Gasteiger partial charge in [-0.25, -0.2) is 4.98 Å². The van der Waals surface area contributed by atoms with Crippen LogP contribution < -0.4 is 5.32 Å². The highest BCUT2D eigenvalue weighted by atomic mass is 16.1. The molecule has 0 bridgehead atoms. The predicted molar refractivity (Wildman–Crippen MR) is 88.4 cm³/mol. The van der Waals surface area contributed by atoms with Crippen LogP contribution in [0.25, 0.3) is 0 Å². The minimum atomic E-state index is 0.00349. The van der Waals surface area contributed by atoms with E-state index in [-0.39, 0.29) is 11.8 Å². The zero-order chi connectivity index (χ0) is 15.9. The molecule has 1 aromatic heterocycles. The number of carbonyl (C=O) groups is 1. The Labute approximate surface area is 132 Å². The molecule has 0 aliphatic heterocycles. The lowest BCUT2D eigenvalue weighted by atomic mass is 9.88. The summed E-state index contributed by atoms with van der Waals surface area (Å²) in [5.74, 6) is 1.44. The number of hydrogen-bond acceptors (Lipinski definition) is 2. The van der Waals surface area contributed by atoms with Crippen LogP contribution in [0.5, 0.6) is 0 Å². The van der Waals surface area contributed by atoms with Crippen molar-refractivity contribution in [1.82, 2.24) is 14.9 Å². The molecule has 1 amide bonds. The van der Waals surface area contributed by atoms with Gasteiger partial charge in [0, 0.05) is 38.3 Å². The average Bonchev–Trinajstić information content (AvgIpc) is 2.91. The second kappa shape index (κ2) is 7.78. The van der Waals surface area contributed by atoms with E-state index in [9.17, 15) is 4.79 Å². The van der Waals surface area contributed by atoms with Gasteiger partial charge in [-0.3, -0.25) is 4.79 Å². The maximum atomic E-state index is 12.5. The molecule has 0 radical (unpaired) electrons. The molecule has 2 aromatic rings. The molecule has 1 atom stereocenters. The third kappa shape index (κ3) is 4.45. The first kappa shape index (κ1) is 16.3. The molecule has 118 valence electrons. The normalized spacial score (nSPS) is 12.4. The van der Waals surface area contributed by atoms with Crippen LogP contribution in [-0.2, 0) is 24.7 Å². The number of carbonyl (C=O) groups excluding carboxylic acids is 1. The highest BCUT2D eigenvalue weighted by molar-refractivity contribution is 5.79. The molecule has 0 aliphatic rings. The standard InChI is InChI=1S/C18H25N3O/c1-14(2)16(13-15-7-5-4-6-8-15)18(22)20-10-9-17-19-11-12-21(17)3/h4-8,11-12,14,16H,9-10,13H2,1-3H3,(H,20,22)/t16-/m1/s1. The fourth-order valence-electron chi connectivity index (χ4n) is 2.57. The Morgan fingerprint density at radius 1 is 1.27 bits per heavy atom. The Morgan fingerprint density at radius 2 is 2.00 bits per heavy atom. The van der Waals surface area contributed by atoms with Gasteiger partial charge >= 0.3 is 0 Å². The van der Waals surface area contributed by atoms with E-state index >= 15 is 0 Å². The van der Waals surface area contributed by atoms with Crippen molar-refractivity contribution < 1.29 is 4.79 Å². The molecule has 0 saturated carbocycles. The van der Waals surface area contributed by atoms with Crippen LogP contribution in [-0.4, -0.2) is 22.0 Å². The van der Waals surface area contributed by atoms with Gasteiger partial charge in [0.05, 0.1) is 0 Å². The summed E-state index contributed by atoms with van der Waals surface area (Å²) < 4.78 is 1.98. The summed E-state index contributed by atoms with van der Waals surface area (Å²) in [6, 6.07) is 10.2. The van der Waals surface area contributed by atoms with Gasteiger partial charge in [-0.15, -0.1) is 0 Å². The number of aryl methyl sites for hydroxylation is 1. The van der Waals surface area contributed by atoms with Crippen molar-refractivity contribution in [3.05, 3.63) is 54.1 Å². The van der Waals surface area contributed by atoms with Gasteiger partial charge in [-0.2, -0.15) is 0 Å². The molecule has 2 rings (SSSR count). The number of rotatable bonds is 7. The predicted octanol–water partition coefficient (Wildman–Crippen LogP) is 2.59. The number of nitrogens with zero attached hydrogens (tertiary/aromatic N) is 2. The number of benzene rings is 1. The minimum Gasteiger partial charge on any atom is -0.355 e. The van der Waals surface area contributed by atoms with Crippen LogP contribution in [0.2, 0.25) is 0 Å². The van der Waals surface area contributed by atoms with E-state index in [0.717, 1.165) is 18.7 Å². The number of nitrogens with one attached hydrogen (secondary N) is 1. The molecule has 0 saturated heterocycles. The molecule has 4 nitrogen and oxygen atoms in total. The summed E-state index contributed by atoms with van der Waals surface area (Å²) in [7, 11) is 1.97. The lowest BCUT2D eigenvalue weighted by Gasteiger charge is -2.20. The fraction of sp³-hybridized carbons (Fsp3) is 0.444. The monoisotopic (exact) mass is 299 g/mol. The Balaban J connectivity index is 1.88. The lowest BCUT2D eigenvalue weighted by Crippen LogP contribution is -2.36. The van der Waals surface area contributed by atoms with Gasteiger partial charge in [0.2, 0.25) is 5.91 Å². The Morgan fingerprint density at radius 3 is 2.59 bits per heavy atom. The summed E-state index contributed by atoms with van der Waals surface area (Å²) in [6.45, 7) is 4.83. The Hall–Kier alpha value is -2.10. The van der Waals surface area contributed by atoms with Crippen molar-refractivity contribution in [2.24, 2.45) is 18.9 Å². The molecule has 1 heterocycles. The minimum absolute atomic E-state index is 0.00349. The number of aromatic nitrogens is 2. The van der Waals surface area contributed by atoms with Gasteiger partial charge in [0.15, 0.2) is 0 Å². The van der Waals surface area contributed by atoms with Gasteiger partial charge in [0.1, 0.15) is 5.82 Å².